The van der Waals surface area contributed by atoms with Gasteiger partial charge in [-0.05, 0) is 74.0 Å². The van der Waals surface area contributed by atoms with Gasteiger partial charge in [0.1, 0.15) is 11.6 Å². The lowest BCUT2D eigenvalue weighted by Gasteiger charge is -2.30. The van der Waals surface area contributed by atoms with Crippen molar-refractivity contribution in [3.63, 3.8) is 0 Å². The Kier molecular flexibility index (Phi) is 8.82. The number of benzene rings is 3. The van der Waals surface area contributed by atoms with E-state index in [1.165, 1.54) is 4.57 Å². The molecular formula is C28H27Cl3N4O3. The molecule has 3 aromatic carbocycles. The fraction of sp³-hybridized carbons (Fsp3) is 0.250. The van der Waals surface area contributed by atoms with E-state index in [0.717, 1.165) is 12.8 Å². The van der Waals surface area contributed by atoms with E-state index in [1.54, 1.807) is 72.7 Å². The van der Waals surface area contributed by atoms with Gasteiger partial charge in [0.2, 0.25) is 0 Å². The number of carbonyl (C=O) groups excluding carboxylic acids is 1. The molecule has 0 bridgehead atoms. The maximum Gasteiger partial charge on any atom is 0.322 e. The van der Waals surface area contributed by atoms with E-state index in [4.69, 9.17) is 44.5 Å². The second-order valence-electron chi connectivity index (χ2n) is 8.75. The summed E-state index contributed by atoms with van der Waals surface area (Å²) in [6, 6.07) is 16.0. The van der Waals surface area contributed by atoms with Crippen LogP contribution in [0.5, 0.6) is 5.75 Å². The molecule has 0 saturated heterocycles. The van der Waals surface area contributed by atoms with Gasteiger partial charge in [0.25, 0.3) is 5.56 Å². The molecule has 1 unspecified atom stereocenters. The molecule has 0 radical (unpaired) electrons. The van der Waals surface area contributed by atoms with Crippen LogP contribution in [0.4, 0.5) is 10.5 Å². The molecule has 4 rings (SSSR count). The largest absolute Gasteiger partial charge is 0.497 e. The zero-order chi connectivity index (χ0) is 27.4. The first kappa shape index (κ1) is 27.8. The number of hydrogen-bond acceptors (Lipinski definition) is 4. The molecule has 38 heavy (non-hydrogen) atoms. The number of unbranched alkanes of at least 4 members (excludes halogenated alkanes) is 1. The number of carbonyl (C=O) groups is 1. The van der Waals surface area contributed by atoms with Crippen molar-refractivity contribution in [2.75, 3.05) is 19.0 Å². The maximum atomic E-state index is 13.8. The van der Waals surface area contributed by atoms with Crippen LogP contribution in [0.25, 0.3) is 16.6 Å². The fourth-order valence-electron chi connectivity index (χ4n) is 4.15. The van der Waals surface area contributed by atoms with Crippen LogP contribution in [-0.4, -0.2) is 34.1 Å². The summed E-state index contributed by atoms with van der Waals surface area (Å²) in [6.07, 6.45) is 1.63. The average Bonchev–Trinajstić information content (AvgIpc) is 2.90. The smallest absolute Gasteiger partial charge is 0.322 e. The minimum Gasteiger partial charge on any atom is -0.497 e. The lowest BCUT2D eigenvalue weighted by molar-refractivity contribution is 0.188. The molecule has 0 aliphatic rings. The third kappa shape index (κ3) is 5.90. The van der Waals surface area contributed by atoms with Crippen molar-refractivity contribution < 1.29 is 9.53 Å². The van der Waals surface area contributed by atoms with Crippen molar-refractivity contribution >= 4 is 57.4 Å². The second kappa shape index (κ2) is 12.1. The van der Waals surface area contributed by atoms with Crippen molar-refractivity contribution in [2.45, 2.75) is 32.7 Å². The Morgan fingerprint density at radius 1 is 1.05 bits per heavy atom. The van der Waals surface area contributed by atoms with Gasteiger partial charge in [0, 0.05) is 17.3 Å². The molecule has 2 amide bonds. The van der Waals surface area contributed by atoms with Crippen LogP contribution in [0.3, 0.4) is 0 Å². The lowest BCUT2D eigenvalue weighted by Crippen LogP contribution is -2.40. The van der Waals surface area contributed by atoms with Crippen LogP contribution in [-0.2, 0) is 0 Å². The Balaban J connectivity index is 1.83. The first-order valence-corrected chi connectivity index (χ1v) is 13.3. The maximum absolute atomic E-state index is 13.8. The van der Waals surface area contributed by atoms with Crippen molar-refractivity contribution in [1.29, 1.82) is 0 Å². The van der Waals surface area contributed by atoms with Crippen molar-refractivity contribution in [3.8, 4) is 11.4 Å². The minimum atomic E-state index is -0.581. The molecule has 1 heterocycles. The summed E-state index contributed by atoms with van der Waals surface area (Å²) in [5.41, 5.74) is 1.29. The van der Waals surface area contributed by atoms with Crippen LogP contribution >= 0.6 is 34.8 Å². The highest BCUT2D eigenvalue weighted by atomic mass is 35.5. The number of hydrogen-bond donors (Lipinski definition) is 1. The summed E-state index contributed by atoms with van der Waals surface area (Å²) < 4.78 is 6.82. The van der Waals surface area contributed by atoms with Gasteiger partial charge in [0.15, 0.2) is 0 Å². The van der Waals surface area contributed by atoms with Crippen LogP contribution in [0.1, 0.15) is 38.6 Å². The number of anilines is 1. The monoisotopic (exact) mass is 572 g/mol. The third-order valence-corrected chi connectivity index (χ3v) is 7.19. The van der Waals surface area contributed by atoms with Crippen molar-refractivity contribution in [3.05, 3.63) is 91.9 Å². The quantitative estimate of drug-likeness (QED) is 0.234. The standard InChI is InChI=1S/C28H27Cl3N4O3/c1-4-5-14-34(28(37)32-19-7-13-23(30)24(31)16-19)17(2)26-33-25-15-18(29)6-12-22(25)27(36)35(26)20-8-10-21(38-3)11-9-20/h6-13,15-17H,4-5,14H2,1-3H3,(H,32,37). The number of halogens is 3. The summed E-state index contributed by atoms with van der Waals surface area (Å²) in [6.45, 7) is 4.34. The van der Waals surface area contributed by atoms with E-state index >= 15 is 0 Å². The van der Waals surface area contributed by atoms with E-state index in [2.05, 4.69) is 5.32 Å². The van der Waals surface area contributed by atoms with E-state index in [1.807, 2.05) is 13.8 Å². The van der Waals surface area contributed by atoms with Crippen molar-refractivity contribution in [2.24, 2.45) is 0 Å². The number of methoxy groups -OCH3 is 1. The summed E-state index contributed by atoms with van der Waals surface area (Å²) in [7, 11) is 1.58. The summed E-state index contributed by atoms with van der Waals surface area (Å²) in [5, 5.41) is 4.50. The predicted octanol–water partition coefficient (Wildman–Crippen LogP) is 7.75. The molecule has 0 fully saturated rings. The molecule has 7 nitrogen and oxygen atoms in total. The number of nitrogens with one attached hydrogen (secondary N) is 1. The van der Waals surface area contributed by atoms with Gasteiger partial charge < -0.3 is 15.0 Å². The number of rotatable bonds is 8. The number of ether oxygens (including phenoxy) is 1. The SMILES string of the molecule is CCCCN(C(=O)Nc1ccc(Cl)c(Cl)c1)C(C)c1nc2cc(Cl)ccc2c(=O)n1-c1ccc(OC)cc1. The number of amides is 2. The van der Waals surface area contributed by atoms with Gasteiger partial charge in [-0.15, -0.1) is 0 Å². The lowest BCUT2D eigenvalue weighted by atomic mass is 10.1. The van der Waals surface area contributed by atoms with Gasteiger partial charge in [-0.2, -0.15) is 0 Å². The van der Waals surface area contributed by atoms with Gasteiger partial charge in [-0.3, -0.25) is 9.36 Å². The molecule has 4 aromatic rings. The Bertz CT molecular complexity index is 1520. The van der Waals surface area contributed by atoms with Gasteiger partial charge >= 0.3 is 6.03 Å². The normalized spacial score (nSPS) is 11.8. The van der Waals surface area contributed by atoms with Crippen molar-refractivity contribution in [1.82, 2.24) is 14.5 Å². The molecular weight excluding hydrogens is 547 g/mol. The molecule has 0 aliphatic heterocycles. The second-order valence-corrected chi connectivity index (χ2v) is 10.0. The molecule has 1 aromatic heterocycles. The minimum absolute atomic E-state index is 0.265. The third-order valence-electron chi connectivity index (χ3n) is 6.21. The number of urea groups is 1. The van der Waals surface area contributed by atoms with E-state index in [9.17, 15) is 9.59 Å². The zero-order valence-electron chi connectivity index (χ0n) is 21.2. The van der Waals surface area contributed by atoms with Gasteiger partial charge in [-0.25, -0.2) is 9.78 Å². The molecule has 0 aliphatic carbocycles. The molecule has 0 saturated carbocycles. The average molecular weight is 574 g/mol. The predicted molar refractivity (Wildman–Crippen MR) is 154 cm³/mol. The summed E-state index contributed by atoms with van der Waals surface area (Å²) in [4.78, 5) is 33.8. The van der Waals surface area contributed by atoms with E-state index in [0.29, 0.717) is 55.5 Å². The highest BCUT2D eigenvalue weighted by Crippen LogP contribution is 2.28. The Morgan fingerprint density at radius 2 is 1.79 bits per heavy atom. The Labute approximate surface area is 235 Å². The van der Waals surface area contributed by atoms with E-state index < -0.39 is 6.04 Å². The first-order chi connectivity index (χ1) is 18.2. The highest BCUT2D eigenvalue weighted by Gasteiger charge is 2.27. The van der Waals surface area contributed by atoms with E-state index in [-0.39, 0.29) is 11.6 Å². The van der Waals surface area contributed by atoms with Crippen LogP contribution in [0.2, 0.25) is 15.1 Å². The Hall–Kier alpha value is -3.26. The van der Waals surface area contributed by atoms with Crippen LogP contribution in [0, 0.1) is 0 Å². The zero-order valence-corrected chi connectivity index (χ0v) is 23.4. The topological polar surface area (TPSA) is 76.5 Å². The molecule has 1 N–H and O–H groups in total. The van der Waals surface area contributed by atoms with Crippen LogP contribution < -0.4 is 15.6 Å². The van der Waals surface area contributed by atoms with Gasteiger partial charge in [0.05, 0.1) is 39.8 Å². The molecule has 0 spiro atoms. The highest BCUT2D eigenvalue weighted by molar-refractivity contribution is 6.42. The number of fused-ring (bicyclic) bond motifs is 1. The molecule has 1 atom stereocenters. The van der Waals surface area contributed by atoms with Gasteiger partial charge in [-0.1, -0.05) is 48.1 Å². The fourth-order valence-corrected chi connectivity index (χ4v) is 4.61. The Morgan fingerprint density at radius 3 is 2.45 bits per heavy atom. The summed E-state index contributed by atoms with van der Waals surface area (Å²) in [5.74, 6) is 1.05. The molecule has 10 heteroatoms. The number of aromatic nitrogens is 2. The summed E-state index contributed by atoms with van der Waals surface area (Å²) >= 11 is 18.4. The molecule has 198 valence electrons. The number of nitrogens with zero attached hydrogens (tertiary/aromatic N) is 3. The first-order valence-electron chi connectivity index (χ1n) is 12.1. The van der Waals surface area contributed by atoms with Crippen LogP contribution in [0.15, 0.2) is 65.5 Å².